The number of hydrogen-bond acceptors (Lipinski definition) is 3. The van der Waals surface area contributed by atoms with Gasteiger partial charge in [0, 0.05) is 25.0 Å². The highest BCUT2D eigenvalue weighted by atomic mass is 35.5. The maximum Gasteiger partial charge on any atom is 0.0574 e. The van der Waals surface area contributed by atoms with Crippen LogP contribution < -0.4 is 5.32 Å². The van der Waals surface area contributed by atoms with Gasteiger partial charge in [0.2, 0.25) is 0 Å². The normalized spacial score (nSPS) is 26.4. The quantitative estimate of drug-likeness (QED) is 0.734. The molecular formula is C23H34Cl2N2O. The zero-order chi connectivity index (χ0) is 17.9. The fourth-order valence-corrected chi connectivity index (χ4v) is 5.16. The molecule has 0 spiro atoms. The van der Waals surface area contributed by atoms with Crippen molar-refractivity contribution in [3.05, 3.63) is 48.0 Å². The van der Waals surface area contributed by atoms with Crippen molar-refractivity contribution in [2.45, 2.75) is 50.2 Å². The van der Waals surface area contributed by atoms with Gasteiger partial charge in [0.15, 0.2) is 0 Å². The van der Waals surface area contributed by atoms with Crippen LogP contribution in [0.15, 0.2) is 42.5 Å². The van der Waals surface area contributed by atoms with Crippen LogP contribution in [-0.4, -0.2) is 48.8 Å². The lowest BCUT2D eigenvalue weighted by molar-refractivity contribution is 0.0478. The molecule has 0 amide bonds. The van der Waals surface area contributed by atoms with E-state index in [9.17, 15) is 5.11 Å². The second-order valence-electron chi connectivity index (χ2n) is 8.22. The molecule has 2 fully saturated rings. The van der Waals surface area contributed by atoms with Crippen LogP contribution >= 0.6 is 24.8 Å². The van der Waals surface area contributed by atoms with Gasteiger partial charge in [0.1, 0.15) is 0 Å². The number of nitrogens with zero attached hydrogens (tertiary/aromatic N) is 1. The lowest BCUT2D eigenvalue weighted by Crippen LogP contribution is -2.38. The molecule has 0 bridgehead atoms. The highest BCUT2D eigenvalue weighted by Crippen LogP contribution is 2.39. The van der Waals surface area contributed by atoms with Crippen LogP contribution in [0.5, 0.6) is 0 Å². The molecule has 1 aliphatic carbocycles. The number of aliphatic hydroxyl groups is 1. The Bertz CT molecular complexity index is 736. The van der Waals surface area contributed by atoms with Crippen molar-refractivity contribution < 1.29 is 5.11 Å². The molecule has 1 aliphatic heterocycles. The van der Waals surface area contributed by atoms with Crippen molar-refractivity contribution in [1.29, 1.82) is 0 Å². The van der Waals surface area contributed by atoms with E-state index in [0.29, 0.717) is 17.9 Å². The summed E-state index contributed by atoms with van der Waals surface area (Å²) in [5.41, 5.74) is 1.43. The molecule has 0 radical (unpaired) electrons. The highest BCUT2D eigenvalue weighted by Gasteiger charge is 2.34. The Morgan fingerprint density at radius 1 is 1.04 bits per heavy atom. The van der Waals surface area contributed by atoms with Crippen molar-refractivity contribution in [1.82, 2.24) is 10.2 Å². The summed E-state index contributed by atoms with van der Waals surface area (Å²) < 4.78 is 0. The molecule has 5 heteroatoms. The number of likely N-dealkylation sites (N-methyl/N-ethyl adjacent to an activating group) is 1. The molecule has 2 aliphatic rings. The number of aliphatic hydroxyl groups excluding tert-OH is 1. The molecule has 2 aromatic carbocycles. The number of benzene rings is 2. The Morgan fingerprint density at radius 3 is 2.54 bits per heavy atom. The molecule has 4 atom stereocenters. The van der Waals surface area contributed by atoms with E-state index in [4.69, 9.17) is 0 Å². The van der Waals surface area contributed by atoms with E-state index < -0.39 is 0 Å². The number of rotatable bonds is 5. The van der Waals surface area contributed by atoms with Gasteiger partial charge in [-0.05, 0) is 55.1 Å². The van der Waals surface area contributed by atoms with Gasteiger partial charge in [-0.25, -0.2) is 0 Å². The van der Waals surface area contributed by atoms with Crippen LogP contribution in [0.1, 0.15) is 43.6 Å². The molecule has 3 nitrogen and oxygen atoms in total. The van der Waals surface area contributed by atoms with Crippen molar-refractivity contribution in [3.63, 3.8) is 0 Å². The zero-order valence-electron chi connectivity index (χ0n) is 16.7. The second kappa shape index (κ2) is 10.8. The van der Waals surface area contributed by atoms with Gasteiger partial charge in [0.25, 0.3) is 0 Å². The van der Waals surface area contributed by atoms with E-state index in [1.165, 1.54) is 35.6 Å². The van der Waals surface area contributed by atoms with E-state index in [0.717, 1.165) is 32.5 Å². The summed E-state index contributed by atoms with van der Waals surface area (Å²) in [5.74, 6) is 0.787. The molecule has 0 aromatic heterocycles. The van der Waals surface area contributed by atoms with Crippen molar-refractivity contribution in [2.75, 3.05) is 26.7 Å². The first-order valence-corrected chi connectivity index (χ1v) is 10.3. The Hall–Kier alpha value is -0.840. The SMILES string of the molecule is CN[C@@H]1CCN(CC(c2cccc3ccccc23)C2CCCCC2O)C1.Cl.Cl. The number of nitrogens with one attached hydrogen (secondary N) is 1. The minimum absolute atomic E-state index is 0. The standard InChI is InChI=1S/C23H32N2O.2ClH/c1-24-18-13-14-25(15-18)16-22(21-10-4-5-12-23(21)26)20-11-6-8-17-7-2-3-9-19(17)20;;/h2-3,6-9,11,18,21-24,26H,4-5,10,12-16H2,1H3;2*1H/t18-,21?,22?,23?;;/m1../s1. The average molecular weight is 425 g/mol. The van der Waals surface area contributed by atoms with Crippen molar-refractivity contribution >= 4 is 35.6 Å². The maximum atomic E-state index is 10.8. The number of fused-ring (bicyclic) bond motifs is 1. The molecular weight excluding hydrogens is 391 g/mol. The van der Waals surface area contributed by atoms with Gasteiger partial charge in [-0.2, -0.15) is 0 Å². The Morgan fingerprint density at radius 2 is 1.79 bits per heavy atom. The first-order valence-electron chi connectivity index (χ1n) is 10.3. The predicted octanol–water partition coefficient (Wildman–Crippen LogP) is 4.61. The first-order chi connectivity index (χ1) is 12.8. The molecule has 1 saturated carbocycles. The largest absolute Gasteiger partial charge is 0.393 e. The van der Waals surface area contributed by atoms with Gasteiger partial charge >= 0.3 is 0 Å². The predicted molar refractivity (Wildman–Crippen MR) is 123 cm³/mol. The summed E-state index contributed by atoms with van der Waals surface area (Å²) in [6, 6.07) is 16.1. The molecule has 3 unspecified atom stereocenters. The maximum absolute atomic E-state index is 10.8. The molecule has 28 heavy (non-hydrogen) atoms. The number of halogens is 2. The zero-order valence-corrected chi connectivity index (χ0v) is 18.4. The molecule has 156 valence electrons. The van der Waals surface area contributed by atoms with Crippen LogP contribution in [0, 0.1) is 5.92 Å². The molecule has 4 rings (SSSR count). The van der Waals surface area contributed by atoms with E-state index >= 15 is 0 Å². The van der Waals surface area contributed by atoms with E-state index in [-0.39, 0.29) is 30.9 Å². The van der Waals surface area contributed by atoms with E-state index in [2.05, 4.69) is 59.7 Å². The monoisotopic (exact) mass is 424 g/mol. The van der Waals surface area contributed by atoms with Gasteiger partial charge in [0.05, 0.1) is 6.10 Å². The summed E-state index contributed by atoms with van der Waals surface area (Å²) in [4.78, 5) is 2.61. The smallest absolute Gasteiger partial charge is 0.0574 e. The summed E-state index contributed by atoms with van der Waals surface area (Å²) in [5, 5.41) is 16.9. The summed E-state index contributed by atoms with van der Waals surface area (Å²) >= 11 is 0. The minimum atomic E-state index is -0.157. The van der Waals surface area contributed by atoms with Crippen LogP contribution in [0.25, 0.3) is 10.8 Å². The Kier molecular flexibility index (Phi) is 9.04. The van der Waals surface area contributed by atoms with Gasteiger partial charge in [-0.1, -0.05) is 55.3 Å². The van der Waals surface area contributed by atoms with Crippen LogP contribution in [0.3, 0.4) is 0 Å². The van der Waals surface area contributed by atoms with E-state index in [1.54, 1.807) is 0 Å². The van der Waals surface area contributed by atoms with Crippen molar-refractivity contribution in [3.8, 4) is 0 Å². The third-order valence-corrected chi connectivity index (χ3v) is 6.66. The van der Waals surface area contributed by atoms with Gasteiger partial charge in [-0.3, -0.25) is 0 Å². The highest BCUT2D eigenvalue weighted by molar-refractivity contribution is 5.86. The fourth-order valence-electron chi connectivity index (χ4n) is 5.16. The summed E-state index contributed by atoms with van der Waals surface area (Å²) in [7, 11) is 2.07. The van der Waals surface area contributed by atoms with Gasteiger partial charge in [-0.15, -0.1) is 24.8 Å². The Labute approximate surface area is 181 Å². The topological polar surface area (TPSA) is 35.5 Å². The summed E-state index contributed by atoms with van der Waals surface area (Å²) in [6.45, 7) is 3.35. The first kappa shape index (κ1) is 23.4. The molecule has 1 heterocycles. The lowest BCUT2D eigenvalue weighted by Gasteiger charge is -2.37. The molecule has 1 saturated heterocycles. The van der Waals surface area contributed by atoms with Crippen LogP contribution in [0.4, 0.5) is 0 Å². The fraction of sp³-hybridized carbons (Fsp3) is 0.565. The minimum Gasteiger partial charge on any atom is -0.393 e. The third-order valence-electron chi connectivity index (χ3n) is 6.66. The Balaban J connectivity index is 0.00000140. The van der Waals surface area contributed by atoms with Crippen molar-refractivity contribution in [2.24, 2.45) is 5.92 Å². The third kappa shape index (κ3) is 5.01. The lowest BCUT2D eigenvalue weighted by atomic mass is 9.74. The van der Waals surface area contributed by atoms with Crippen LogP contribution in [0.2, 0.25) is 0 Å². The molecule has 2 aromatic rings. The average Bonchev–Trinajstić information content (AvgIpc) is 3.14. The van der Waals surface area contributed by atoms with E-state index in [1.807, 2.05) is 0 Å². The second-order valence-corrected chi connectivity index (χ2v) is 8.22. The van der Waals surface area contributed by atoms with Crippen LogP contribution in [-0.2, 0) is 0 Å². The van der Waals surface area contributed by atoms with Gasteiger partial charge < -0.3 is 15.3 Å². The number of likely N-dealkylation sites (tertiary alicyclic amines) is 1. The molecule has 2 N–H and O–H groups in total. The summed E-state index contributed by atoms with van der Waals surface area (Å²) in [6.07, 6.45) is 5.61. The number of hydrogen-bond donors (Lipinski definition) is 2.